The van der Waals surface area contributed by atoms with Crippen molar-refractivity contribution < 1.29 is 18.7 Å². The number of oxazole rings is 1. The predicted molar refractivity (Wildman–Crippen MR) is 89.1 cm³/mol. The van der Waals surface area contributed by atoms with E-state index in [9.17, 15) is 4.79 Å². The van der Waals surface area contributed by atoms with Gasteiger partial charge in [-0.05, 0) is 42.8 Å². The van der Waals surface area contributed by atoms with Crippen LogP contribution in [0.4, 0.5) is 4.79 Å². The van der Waals surface area contributed by atoms with Crippen molar-refractivity contribution in [1.82, 2.24) is 10.3 Å². The molecule has 0 unspecified atom stereocenters. The second kappa shape index (κ2) is 7.50. The largest absolute Gasteiger partial charge is 0.484 e. The van der Waals surface area contributed by atoms with Crippen LogP contribution in [0.1, 0.15) is 19.2 Å². The highest BCUT2D eigenvalue weighted by Crippen LogP contribution is 2.20. The number of carbonyl (C=O) groups is 1. The summed E-state index contributed by atoms with van der Waals surface area (Å²) in [6, 6.07) is 14.4. The lowest BCUT2D eigenvalue weighted by Crippen LogP contribution is -2.27. The van der Waals surface area contributed by atoms with Crippen molar-refractivity contribution in [3.8, 4) is 11.5 Å². The van der Waals surface area contributed by atoms with Crippen molar-refractivity contribution in [2.75, 3.05) is 6.54 Å². The maximum absolute atomic E-state index is 11.5. The quantitative estimate of drug-likeness (QED) is 0.743. The summed E-state index contributed by atoms with van der Waals surface area (Å²) in [7, 11) is 0. The molecule has 1 aromatic heterocycles. The van der Waals surface area contributed by atoms with Gasteiger partial charge in [0.15, 0.2) is 12.2 Å². The highest BCUT2D eigenvalue weighted by atomic mass is 16.6. The van der Waals surface area contributed by atoms with Gasteiger partial charge in [-0.3, -0.25) is 0 Å². The van der Waals surface area contributed by atoms with Gasteiger partial charge in [0.25, 0.3) is 0 Å². The lowest BCUT2D eigenvalue weighted by atomic mass is 10.3. The normalized spacial score (nSPS) is 10.5. The molecule has 0 spiro atoms. The third-order valence-corrected chi connectivity index (χ3v) is 3.25. The number of para-hydroxylation sites is 2. The summed E-state index contributed by atoms with van der Waals surface area (Å²) in [6.07, 6.45) is 0.398. The summed E-state index contributed by atoms with van der Waals surface area (Å²) in [5.74, 6) is 1.60. The van der Waals surface area contributed by atoms with E-state index in [1.165, 1.54) is 0 Å². The van der Waals surface area contributed by atoms with Crippen molar-refractivity contribution in [3.63, 3.8) is 0 Å². The number of nitrogens with one attached hydrogen (secondary N) is 1. The highest BCUT2D eigenvalue weighted by Gasteiger charge is 2.07. The fraction of sp³-hybridized carbons (Fsp3) is 0.222. The molecule has 1 amide bonds. The van der Waals surface area contributed by atoms with Crippen LogP contribution in [0.2, 0.25) is 0 Å². The Morgan fingerprint density at radius 1 is 1.12 bits per heavy atom. The average Bonchev–Trinajstić information content (AvgIpc) is 3.02. The van der Waals surface area contributed by atoms with Crippen LogP contribution in [-0.2, 0) is 6.61 Å². The highest BCUT2D eigenvalue weighted by molar-refractivity contribution is 5.72. The van der Waals surface area contributed by atoms with Crippen LogP contribution in [0.15, 0.2) is 52.9 Å². The van der Waals surface area contributed by atoms with Gasteiger partial charge >= 0.3 is 6.09 Å². The number of nitrogens with zero attached hydrogens (tertiary/aromatic N) is 1. The smallest absolute Gasteiger partial charge is 0.412 e. The molecule has 24 heavy (non-hydrogen) atoms. The van der Waals surface area contributed by atoms with Gasteiger partial charge in [0.05, 0.1) is 0 Å². The van der Waals surface area contributed by atoms with Gasteiger partial charge < -0.3 is 19.2 Å². The Kier molecular flexibility index (Phi) is 4.96. The first-order valence-electron chi connectivity index (χ1n) is 7.77. The lowest BCUT2D eigenvalue weighted by Gasteiger charge is -2.07. The molecule has 3 aromatic rings. The zero-order valence-electron chi connectivity index (χ0n) is 13.3. The maximum Gasteiger partial charge on any atom is 0.412 e. The van der Waals surface area contributed by atoms with E-state index in [-0.39, 0.29) is 6.61 Å². The molecule has 0 saturated heterocycles. The van der Waals surface area contributed by atoms with Gasteiger partial charge in [0, 0.05) is 6.54 Å². The molecule has 0 aliphatic heterocycles. The van der Waals surface area contributed by atoms with Gasteiger partial charge in [0.2, 0.25) is 5.89 Å². The number of ether oxygens (including phenoxy) is 2. The van der Waals surface area contributed by atoms with Crippen molar-refractivity contribution in [1.29, 1.82) is 0 Å². The number of hydrogen-bond acceptors (Lipinski definition) is 5. The van der Waals surface area contributed by atoms with Crippen molar-refractivity contribution >= 4 is 17.2 Å². The monoisotopic (exact) mass is 326 g/mol. The van der Waals surface area contributed by atoms with E-state index in [4.69, 9.17) is 13.9 Å². The van der Waals surface area contributed by atoms with Crippen LogP contribution < -0.4 is 14.8 Å². The van der Waals surface area contributed by atoms with Crippen LogP contribution in [0.3, 0.4) is 0 Å². The number of hydrogen-bond donors (Lipinski definition) is 1. The Bertz CT molecular complexity index is 778. The maximum atomic E-state index is 11.5. The fourth-order valence-corrected chi connectivity index (χ4v) is 2.10. The molecule has 0 saturated carbocycles. The molecule has 1 heterocycles. The number of rotatable bonds is 6. The number of fused-ring (bicyclic) bond motifs is 1. The number of benzene rings is 2. The molecule has 6 nitrogen and oxygen atoms in total. The summed E-state index contributed by atoms with van der Waals surface area (Å²) in [5, 5.41) is 2.64. The molecule has 124 valence electrons. The van der Waals surface area contributed by atoms with E-state index in [0.717, 1.165) is 17.5 Å². The van der Waals surface area contributed by atoms with E-state index in [1.54, 1.807) is 24.3 Å². The van der Waals surface area contributed by atoms with Crippen LogP contribution in [0.5, 0.6) is 11.5 Å². The number of carbonyl (C=O) groups excluding carboxylic acids is 1. The molecule has 6 heteroatoms. The molecule has 0 aliphatic rings. The zero-order valence-corrected chi connectivity index (χ0v) is 13.3. The van der Waals surface area contributed by atoms with E-state index < -0.39 is 6.09 Å². The predicted octanol–water partition coefficient (Wildman–Crippen LogP) is 3.91. The van der Waals surface area contributed by atoms with Crippen molar-refractivity contribution in [2.45, 2.75) is 20.0 Å². The molecule has 0 fully saturated rings. The average molecular weight is 326 g/mol. The van der Waals surface area contributed by atoms with Gasteiger partial charge in [0.1, 0.15) is 17.0 Å². The third kappa shape index (κ3) is 4.04. The minimum atomic E-state index is -0.461. The lowest BCUT2D eigenvalue weighted by molar-refractivity contribution is 0.200. The fourth-order valence-electron chi connectivity index (χ4n) is 2.10. The van der Waals surface area contributed by atoms with Gasteiger partial charge in [-0.15, -0.1) is 0 Å². The van der Waals surface area contributed by atoms with Gasteiger partial charge in [-0.1, -0.05) is 19.1 Å². The number of aromatic nitrogens is 1. The Morgan fingerprint density at radius 2 is 1.88 bits per heavy atom. The van der Waals surface area contributed by atoms with Crippen LogP contribution in [0.25, 0.3) is 11.1 Å². The minimum absolute atomic E-state index is 0.228. The summed E-state index contributed by atoms with van der Waals surface area (Å²) >= 11 is 0. The summed E-state index contributed by atoms with van der Waals surface area (Å²) in [5.41, 5.74) is 1.54. The second-order valence-electron chi connectivity index (χ2n) is 5.15. The summed E-state index contributed by atoms with van der Waals surface area (Å²) in [6.45, 7) is 2.79. The SMILES string of the molecule is CCCNC(=O)Oc1ccc(OCc2nc3ccccc3o2)cc1. The zero-order chi connectivity index (χ0) is 16.8. The topological polar surface area (TPSA) is 73.6 Å². The minimum Gasteiger partial charge on any atom is -0.484 e. The first kappa shape index (κ1) is 15.9. The molecular formula is C18H18N2O4. The molecule has 0 bridgehead atoms. The van der Waals surface area contributed by atoms with E-state index >= 15 is 0 Å². The standard InChI is InChI=1S/C18H18N2O4/c1-2-11-19-18(21)23-14-9-7-13(8-10-14)22-12-17-20-15-5-3-4-6-16(15)24-17/h3-10H,2,11-12H2,1H3,(H,19,21). The molecule has 0 aliphatic carbocycles. The van der Waals surface area contributed by atoms with Crippen molar-refractivity contribution in [3.05, 3.63) is 54.4 Å². The first-order valence-corrected chi connectivity index (χ1v) is 7.77. The molecule has 1 N–H and O–H groups in total. The van der Waals surface area contributed by atoms with Crippen molar-refractivity contribution in [2.24, 2.45) is 0 Å². The molecule has 0 atom stereocenters. The number of amides is 1. The Labute approximate surface area is 139 Å². The van der Waals surface area contributed by atoms with Gasteiger partial charge in [-0.25, -0.2) is 9.78 Å². The van der Waals surface area contributed by atoms with Crippen LogP contribution in [-0.4, -0.2) is 17.6 Å². The molecular weight excluding hydrogens is 308 g/mol. The van der Waals surface area contributed by atoms with E-state index in [1.807, 2.05) is 31.2 Å². The van der Waals surface area contributed by atoms with E-state index in [2.05, 4.69) is 10.3 Å². The van der Waals surface area contributed by atoms with E-state index in [0.29, 0.717) is 23.9 Å². The summed E-state index contributed by atoms with van der Waals surface area (Å²) in [4.78, 5) is 15.8. The summed E-state index contributed by atoms with van der Waals surface area (Å²) < 4.78 is 16.4. The third-order valence-electron chi connectivity index (χ3n) is 3.25. The van der Waals surface area contributed by atoms with Crippen LogP contribution >= 0.6 is 0 Å². The second-order valence-corrected chi connectivity index (χ2v) is 5.15. The Hall–Kier alpha value is -3.02. The molecule has 3 rings (SSSR count). The Morgan fingerprint density at radius 3 is 2.62 bits per heavy atom. The molecule has 0 radical (unpaired) electrons. The first-order chi connectivity index (χ1) is 11.7. The van der Waals surface area contributed by atoms with Gasteiger partial charge in [-0.2, -0.15) is 0 Å². The van der Waals surface area contributed by atoms with Crippen LogP contribution in [0, 0.1) is 0 Å². The molecule has 2 aromatic carbocycles. The Balaban J connectivity index is 1.55.